The summed E-state index contributed by atoms with van der Waals surface area (Å²) in [5.41, 5.74) is 0. The van der Waals surface area contributed by atoms with E-state index in [0.29, 0.717) is 32.3 Å². The summed E-state index contributed by atoms with van der Waals surface area (Å²) in [5.74, 6) is 0. The smallest absolute Gasteiger partial charge is 0.348 e. The molecule has 0 saturated heterocycles. The molecule has 0 N–H and O–H groups in total. The number of unbranched alkanes of at least 4 members (excludes halogenated alkanes) is 6. The van der Waals surface area contributed by atoms with E-state index in [1.807, 2.05) is 0 Å². The van der Waals surface area contributed by atoms with Crippen LogP contribution in [0.1, 0.15) is 71.1 Å². The maximum Gasteiger partial charge on any atom is 0.389 e. The van der Waals surface area contributed by atoms with E-state index >= 15 is 0 Å². The average molecular weight is 286 g/mol. The molecule has 0 rings (SSSR count). The minimum atomic E-state index is -4.07. The molecule has 0 aromatic rings. The number of alkyl halides is 4. The Morgan fingerprint density at radius 1 is 0.895 bits per heavy atom. The van der Waals surface area contributed by atoms with Gasteiger partial charge in [-0.25, -0.2) is 4.39 Å². The van der Waals surface area contributed by atoms with Gasteiger partial charge in [-0.3, -0.25) is 0 Å². The maximum absolute atomic E-state index is 13.2. The Bertz CT molecular complexity index is 194. The lowest BCUT2D eigenvalue weighted by Crippen LogP contribution is -2.08. The van der Waals surface area contributed by atoms with Crippen molar-refractivity contribution in [1.82, 2.24) is 0 Å². The lowest BCUT2D eigenvalue weighted by molar-refractivity contribution is -0.135. The molecule has 116 valence electrons. The Morgan fingerprint density at radius 2 is 1.53 bits per heavy atom. The van der Waals surface area contributed by atoms with Gasteiger partial charge in [0.15, 0.2) is 6.36 Å². The van der Waals surface area contributed by atoms with Crippen molar-refractivity contribution >= 4 is 0 Å². The van der Waals surface area contributed by atoms with Crippen molar-refractivity contribution in [3.05, 3.63) is 0 Å². The fourth-order valence-corrected chi connectivity index (χ4v) is 1.81. The summed E-state index contributed by atoms with van der Waals surface area (Å²) in [7, 11) is 0. The first-order valence-electron chi connectivity index (χ1n) is 7.28. The van der Waals surface area contributed by atoms with E-state index in [9.17, 15) is 17.6 Å². The SMILES string of the molecule is CCCCCCOC(F)CCCCCCC(F)(F)F. The van der Waals surface area contributed by atoms with Gasteiger partial charge in [0.25, 0.3) is 0 Å². The van der Waals surface area contributed by atoms with Gasteiger partial charge in [0.2, 0.25) is 0 Å². The lowest BCUT2D eigenvalue weighted by atomic mass is 10.1. The molecule has 0 fully saturated rings. The molecule has 5 heteroatoms. The van der Waals surface area contributed by atoms with Crippen molar-refractivity contribution < 1.29 is 22.3 Å². The summed E-state index contributed by atoms with van der Waals surface area (Å²) in [4.78, 5) is 0. The molecule has 0 aliphatic carbocycles. The molecule has 0 aromatic carbocycles. The molecule has 0 heterocycles. The highest BCUT2D eigenvalue weighted by Gasteiger charge is 2.25. The first-order valence-corrected chi connectivity index (χ1v) is 7.28. The first kappa shape index (κ1) is 18.7. The van der Waals surface area contributed by atoms with E-state index in [1.54, 1.807) is 0 Å². The van der Waals surface area contributed by atoms with Crippen molar-refractivity contribution in [2.24, 2.45) is 0 Å². The van der Waals surface area contributed by atoms with Crippen LogP contribution in [0.15, 0.2) is 0 Å². The summed E-state index contributed by atoms with van der Waals surface area (Å²) in [5, 5.41) is 0. The number of hydrogen-bond acceptors (Lipinski definition) is 1. The summed E-state index contributed by atoms with van der Waals surface area (Å²) in [6.45, 7) is 2.55. The standard InChI is InChI=1S/C14H26F4O/c1-2-3-4-9-12-19-13(15)10-7-5-6-8-11-14(16,17)18/h13H,2-12H2,1H3. The normalized spacial score (nSPS) is 13.7. The van der Waals surface area contributed by atoms with Crippen molar-refractivity contribution in [1.29, 1.82) is 0 Å². The second-order valence-corrected chi connectivity index (χ2v) is 4.91. The van der Waals surface area contributed by atoms with Crippen molar-refractivity contribution in [3.8, 4) is 0 Å². The molecule has 0 amide bonds. The van der Waals surface area contributed by atoms with Crippen LogP contribution in [0, 0.1) is 0 Å². The Balaban J connectivity index is 3.22. The quantitative estimate of drug-likeness (QED) is 0.326. The fourth-order valence-electron chi connectivity index (χ4n) is 1.81. The largest absolute Gasteiger partial charge is 0.389 e. The van der Waals surface area contributed by atoms with Gasteiger partial charge in [0.05, 0.1) is 6.61 Å². The maximum atomic E-state index is 13.2. The molecular formula is C14H26F4O. The Kier molecular flexibility index (Phi) is 11.3. The Labute approximate surface area is 113 Å². The Hall–Kier alpha value is -0.320. The van der Waals surface area contributed by atoms with Gasteiger partial charge in [-0.2, -0.15) is 13.2 Å². The van der Waals surface area contributed by atoms with Gasteiger partial charge in [0.1, 0.15) is 0 Å². The number of halogens is 4. The van der Waals surface area contributed by atoms with Crippen molar-refractivity contribution in [3.63, 3.8) is 0 Å². The molecule has 1 unspecified atom stereocenters. The van der Waals surface area contributed by atoms with E-state index in [1.165, 1.54) is 0 Å². The highest BCUT2D eigenvalue weighted by molar-refractivity contribution is 4.53. The highest BCUT2D eigenvalue weighted by Crippen LogP contribution is 2.23. The van der Waals surface area contributed by atoms with Crippen LogP contribution in [0.25, 0.3) is 0 Å². The van der Waals surface area contributed by atoms with Crippen molar-refractivity contribution in [2.75, 3.05) is 6.61 Å². The van der Waals surface area contributed by atoms with Crippen LogP contribution in [-0.4, -0.2) is 19.1 Å². The van der Waals surface area contributed by atoms with Gasteiger partial charge in [0, 0.05) is 12.8 Å². The third-order valence-corrected chi connectivity index (χ3v) is 2.94. The van der Waals surface area contributed by atoms with E-state index in [2.05, 4.69) is 6.92 Å². The van der Waals surface area contributed by atoms with E-state index in [4.69, 9.17) is 4.74 Å². The molecule has 0 aliphatic rings. The van der Waals surface area contributed by atoms with Crippen LogP contribution in [-0.2, 0) is 4.74 Å². The molecular weight excluding hydrogens is 260 g/mol. The molecule has 0 bridgehead atoms. The molecule has 19 heavy (non-hydrogen) atoms. The van der Waals surface area contributed by atoms with Crippen LogP contribution >= 0.6 is 0 Å². The Morgan fingerprint density at radius 3 is 2.16 bits per heavy atom. The molecule has 1 atom stereocenters. The van der Waals surface area contributed by atoms with Crippen LogP contribution in [0.4, 0.5) is 17.6 Å². The first-order chi connectivity index (χ1) is 8.95. The van der Waals surface area contributed by atoms with Crippen LogP contribution in [0.3, 0.4) is 0 Å². The van der Waals surface area contributed by atoms with Crippen LogP contribution in [0.5, 0.6) is 0 Å². The van der Waals surface area contributed by atoms with E-state index in [-0.39, 0.29) is 6.42 Å². The predicted octanol–water partition coefficient (Wildman–Crippen LogP) is 5.78. The number of rotatable bonds is 12. The average Bonchev–Trinajstić information content (AvgIpc) is 2.32. The third kappa shape index (κ3) is 15.6. The number of ether oxygens (including phenoxy) is 1. The minimum Gasteiger partial charge on any atom is -0.348 e. The highest BCUT2D eigenvalue weighted by atomic mass is 19.4. The van der Waals surface area contributed by atoms with Crippen molar-refractivity contribution in [2.45, 2.75) is 83.7 Å². The summed E-state index contributed by atoms with van der Waals surface area (Å²) >= 11 is 0. The fraction of sp³-hybridized carbons (Fsp3) is 1.00. The monoisotopic (exact) mass is 286 g/mol. The van der Waals surface area contributed by atoms with Gasteiger partial charge < -0.3 is 4.74 Å². The topological polar surface area (TPSA) is 9.23 Å². The van der Waals surface area contributed by atoms with Crippen LogP contribution in [0.2, 0.25) is 0 Å². The molecule has 0 aromatic heterocycles. The van der Waals surface area contributed by atoms with Gasteiger partial charge >= 0.3 is 6.18 Å². The molecule has 0 spiro atoms. The minimum absolute atomic E-state index is 0.137. The second-order valence-electron chi connectivity index (χ2n) is 4.91. The summed E-state index contributed by atoms with van der Waals surface area (Å²) in [6.07, 6.45) is 0.301. The zero-order chi connectivity index (χ0) is 14.6. The summed E-state index contributed by atoms with van der Waals surface area (Å²) < 4.78 is 53.7. The predicted molar refractivity (Wildman–Crippen MR) is 68.7 cm³/mol. The van der Waals surface area contributed by atoms with E-state index < -0.39 is 19.0 Å². The van der Waals surface area contributed by atoms with Gasteiger partial charge in [-0.05, 0) is 19.3 Å². The van der Waals surface area contributed by atoms with Gasteiger partial charge in [-0.1, -0.05) is 39.0 Å². The second kappa shape index (κ2) is 11.5. The van der Waals surface area contributed by atoms with Gasteiger partial charge in [-0.15, -0.1) is 0 Å². The molecule has 1 nitrogen and oxygen atoms in total. The summed E-state index contributed by atoms with van der Waals surface area (Å²) in [6, 6.07) is 0. The third-order valence-electron chi connectivity index (χ3n) is 2.94. The molecule has 0 radical (unpaired) electrons. The van der Waals surface area contributed by atoms with Crippen LogP contribution < -0.4 is 0 Å². The lowest BCUT2D eigenvalue weighted by Gasteiger charge is -2.10. The van der Waals surface area contributed by atoms with E-state index in [0.717, 1.165) is 25.7 Å². The zero-order valence-electron chi connectivity index (χ0n) is 11.8. The molecule has 0 saturated carbocycles. The molecule has 0 aliphatic heterocycles. The zero-order valence-corrected chi connectivity index (χ0v) is 11.8. The number of hydrogen-bond donors (Lipinski definition) is 0.